The van der Waals surface area contributed by atoms with E-state index in [1.54, 1.807) is 42.1 Å². The van der Waals surface area contributed by atoms with Gasteiger partial charge in [0, 0.05) is 13.0 Å². The molecule has 0 aromatic heterocycles. The molecule has 10 nitrogen and oxygen atoms in total. The number of rotatable bonds is 12. The third-order valence-corrected chi connectivity index (χ3v) is 6.39. The smallest absolute Gasteiger partial charge is 0.326 e. The summed E-state index contributed by atoms with van der Waals surface area (Å²) in [7, 11) is 0. The highest BCUT2D eigenvalue weighted by Gasteiger charge is 2.38. The molecule has 5 atom stereocenters. The molecule has 1 fully saturated rings. The highest BCUT2D eigenvalue weighted by molar-refractivity contribution is 7.98. The van der Waals surface area contributed by atoms with E-state index < -0.39 is 48.1 Å². The van der Waals surface area contributed by atoms with Gasteiger partial charge >= 0.3 is 5.97 Å². The molecule has 1 aliphatic heterocycles. The molecule has 34 heavy (non-hydrogen) atoms. The second kappa shape index (κ2) is 13.3. The molecule has 3 amide bonds. The lowest BCUT2D eigenvalue weighted by Gasteiger charge is -2.29. The van der Waals surface area contributed by atoms with Crippen LogP contribution in [-0.2, 0) is 25.6 Å². The van der Waals surface area contributed by atoms with Crippen molar-refractivity contribution >= 4 is 35.5 Å². The van der Waals surface area contributed by atoms with Crippen molar-refractivity contribution in [3.8, 4) is 0 Å². The van der Waals surface area contributed by atoms with Crippen LogP contribution in [0.3, 0.4) is 0 Å². The first-order valence-electron chi connectivity index (χ1n) is 11.3. The molecule has 6 N–H and O–H groups in total. The SMILES string of the molecule is CSCCC(N)C(=O)N1CCCC1C(=O)NC(C(=O)NC(Cc1ccccc1)C(=O)O)C(C)O. The number of nitrogens with one attached hydrogen (secondary N) is 2. The number of nitrogens with zero attached hydrogens (tertiary/aromatic N) is 1. The molecule has 1 aliphatic rings. The number of aliphatic hydroxyl groups excluding tert-OH is 1. The number of carbonyl (C=O) groups is 4. The molecule has 1 saturated heterocycles. The molecule has 1 aromatic rings. The summed E-state index contributed by atoms with van der Waals surface area (Å²) >= 11 is 1.57. The van der Waals surface area contributed by atoms with Crippen molar-refractivity contribution in [1.82, 2.24) is 15.5 Å². The molecule has 0 saturated carbocycles. The van der Waals surface area contributed by atoms with Crippen LogP contribution in [-0.4, -0.2) is 87.6 Å². The predicted molar refractivity (Wildman–Crippen MR) is 129 cm³/mol. The Labute approximate surface area is 203 Å². The lowest BCUT2D eigenvalue weighted by Crippen LogP contribution is -2.59. The van der Waals surface area contributed by atoms with E-state index in [1.165, 1.54) is 11.8 Å². The Hall–Kier alpha value is -2.63. The zero-order valence-corrected chi connectivity index (χ0v) is 20.3. The van der Waals surface area contributed by atoms with Gasteiger partial charge in [-0.1, -0.05) is 30.3 Å². The monoisotopic (exact) mass is 494 g/mol. The van der Waals surface area contributed by atoms with Crippen LogP contribution >= 0.6 is 11.8 Å². The van der Waals surface area contributed by atoms with Crippen LogP contribution in [0.25, 0.3) is 0 Å². The Bertz CT molecular complexity index is 853. The van der Waals surface area contributed by atoms with Gasteiger partial charge in [0.1, 0.15) is 18.1 Å². The third kappa shape index (κ3) is 7.71. The number of amides is 3. The van der Waals surface area contributed by atoms with Crippen LogP contribution in [0.5, 0.6) is 0 Å². The minimum Gasteiger partial charge on any atom is -0.480 e. The summed E-state index contributed by atoms with van der Waals surface area (Å²) in [6.45, 7) is 1.71. The standard InChI is InChI=1S/C23H34N4O6S/c1-14(28)19(21(30)25-17(23(32)33)13-15-7-4-3-5-8-15)26-20(29)18-9-6-11-27(18)22(31)16(24)10-12-34-2/h3-5,7-8,14,16-19,28H,6,9-13,24H2,1-2H3,(H,25,30)(H,26,29)(H,32,33). The maximum absolute atomic E-state index is 13.0. The first-order valence-corrected chi connectivity index (χ1v) is 12.7. The van der Waals surface area contributed by atoms with Gasteiger partial charge in [0.25, 0.3) is 0 Å². The summed E-state index contributed by atoms with van der Waals surface area (Å²) in [4.78, 5) is 51.7. The number of benzene rings is 1. The Morgan fingerprint density at radius 1 is 1.21 bits per heavy atom. The number of aliphatic carboxylic acids is 1. The van der Waals surface area contributed by atoms with Gasteiger partial charge in [-0.15, -0.1) is 0 Å². The van der Waals surface area contributed by atoms with Gasteiger partial charge in [0.2, 0.25) is 17.7 Å². The molecule has 1 heterocycles. The number of likely N-dealkylation sites (tertiary alicyclic amines) is 1. The minimum absolute atomic E-state index is 0.0429. The largest absolute Gasteiger partial charge is 0.480 e. The van der Waals surface area contributed by atoms with Crippen molar-refractivity contribution in [3.05, 3.63) is 35.9 Å². The molecule has 2 rings (SSSR count). The number of aliphatic hydroxyl groups is 1. The van der Waals surface area contributed by atoms with Crippen LogP contribution < -0.4 is 16.4 Å². The van der Waals surface area contributed by atoms with E-state index in [4.69, 9.17) is 5.73 Å². The lowest BCUT2D eigenvalue weighted by atomic mass is 10.0. The Morgan fingerprint density at radius 2 is 1.88 bits per heavy atom. The van der Waals surface area contributed by atoms with E-state index >= 15 is 0 Å². The van der Waals surface area contributed by atoms with Gasteiger partial charge in [-0.2, -0.15) is 11.8 Å². The Morgan fingerprint density at radius 3 is 2.47 bits per heavy atom. The van der Waals surface area contributed by atoms with E-state index in [0.717, 1.165) is 5.75 Å². The summed E-state index contributed by atoms with van der Waals surface area (Å²) in [6.07, 6.45) is 2.18. The predicted octanol–water partition coefficient (Wildman–Crippen LogP) is -0.264. The lowest BCUT2D eigenvalue weighted by molar-refractivity contribution is -0.144. The van der Waals surface area contributed by atoms with Crippen LogP contribution in [0, 0.1) is 0 Å². The van der Waals surface area contributed by atoms with Crippen LogP contribution in [0.1, 0.15) is 31.7 Å². The highest BCUT2D eigenvalue weighted by Crippen LogP contribution is 2.19. The molecule has 188 valence electrons. The zero-order chi connectivity index (χ0) is 25.3. The molecule has 0 bridgehead atoms. The fourth-order valence-electron chi connectivity index (χ4n) is 3.85. The second-order valence-electron chi connectivity index (χ2n) is 8.39. The Balaban J connectivity index is 2.06. The number of thioether (sulfide) groups is 1. The molecule has 0 aliphatic carbocycles. The van der Waals surface area contributed by atoms with Crippen molar-refractivity contribution < 1.29 is 29.4 Å². The quantitative estimate of drug-likeness (QED) is 0.265. The van der Waals surface area contributed by atoms with E-state index in [-0.39, 0.29) is 12.3 Å². The first-order chi connectivity index (χ1) is 16.1. The van der Waals surface area contributed by atoms with Gasteiger partial charge in [0.15, 0.2) is 0 Å². The Kier molecular flexibility index (Phi) is 10.8. The molecule has 1 aromatic carbocycles. The average molecular weight is 495 g/mol. The normalized spacial score (nSPS) is 19.1. The van der Waals surface area contributed by atoms with Crippen LogP contribution in [0.15, 0.2) is 30.3 Å². The van der Waals surface area contributed by atoms with Gasteiger partial charge in [0.05, 0.1) is 12.1 Å². The maximum Gasteiger partial charge on any atom is 0.326 e. The second-order valence-corrected chi connectivity index (χ2v) is 9.38. The van der Waals surface area contributed by atoms with Crippen LogP contribution in [0.2, 0.25) is 0 Å². The maximum atomic E-state index is 13.0. The van der Waals surface area contributed by atoms with Gasteiger partial charge in [-0.25, -0.2) is 4.79 Å². The van der Waals surface area contributed by atoms with E-state index in [9.17, 15) is 29.4 Å². The molecule has 0 radical (unpaired) electrons. The van der Waals surface area contributed by atoms with Crippen molar-refractivity contribution in [1.29, 1.82) is 0 Å². The number of carbonyl (C=O) groups excluding carboxylic acids is 3. The fourth-order valence-corrected chi connectivity index (χ4v) is 4.34. The summed E-state index contributed by atoms with van der Waals surface area (Å²) < 4.78 is 0. The van der Waals surface area contributed by atoms with E-state index in [1.807, 2.05) is 6.26 Å². The number of carboxylic acids is 1. The summed E-state index contributed by atoms with van der Waals surface area (Å²) in [5.41, 5.74) is 6.71. The number of hydrogen-bond donors (Lipinski definition) is 5. The molecular formula is C23H34N4O6S. The first kappa shape index (κ1) is 27.6. The highest BCUT2D eigenvalue weighted by atomic mass is 32.2. The summed E-state index contributed by atoms with van der Waals surface area (Å²) in [6, 6.07) is 4.65. The molecule has 11 heteroatoms. The van der Waals surface area contributed by atoms with E-state index in [0.29, 0.717) is 31.4 Å². The molecular weight excluding hydrogens is 460 g/mol. The average Bonchev–Trinajstić information content (AvgIpc) is 3.30. The van der Waals surface area contributed by atoms with Gasteiger partial charge < -0.3 is 31.5 Å². The topological polar surface area (TPSA) is 162 Å². The number of carboxylic acid groups (broad SMARTS) is 1. The van der Waals surface area contributed by atoms with Gasteiger partial charge in [-0.05, 0) is 43.8 Å². The third-order valence-electron chi connectivity index (χ3n) is 5.75. The van der Waals surface area contributed by atoms with Gasteiger partial charge in [-0.3, -0.25) is 14.4 Å². The molecule has 5 unspecified atom stereocenters. The summed E-state index contributed by atoms with van der Waals surface area (Å²) in [5, 5.41) is 24.6. The van der Waals surface area contributed by atoms with Crippen molar-refractivity contribution in [3.63, 3.8) is 0 Å². The molecule has 0 spiro atoms. The van der Waals surface area contributed by atoms with Crippen molar-refractivity contribution in [2.45, 2.75) is 62.9 Å². The zero-order valence-electron chi connectivity index (χ0n) is 19.5. The van der Waals surface area contributed by atoms with Crippen LogP contribution in [0.4, 0.5) is 0 Å². The van der Waals surface area contributed by atoms with Crippen molar-refractivity contribution in [2.75, 3.05) is 18.6 Å². The number of nitrogens with two attached hydrogens (primary N) is 1. The summed E-state index contributed by atoms with van der Waals surface area (Å²) in [5.74, 6) is -2.24. The van der Waals surface area contributed by atoms with E-state index in [2.05, 4.69) is 10.6 Å². The van der Waals surface area contributed by atoms with Crippen molar-refractivity contribution in [2.24, 2.45) is 5.73 Å². The number of hydrogen-bond acceptors (Lipinski definition) is 7. The minimum atomic E-state index is -1.38. The fraction of sp³-hybridized carbons (Fsp3) is 0.565.